The molecule has 1 amide bonds. The highest BCUT2D eigenvalue weighted by atomic mass is 35.5. The van der Waals surface area contributed by atoms with Crippen molar-refractivity contribution in [2.75, 3.05) is 12.3 Å². The average Bonchev–Trinajstić information content (AvgIpc) is 2.40. The minimum atomic E-state index is 0. The number of carbonyl (C=O) groups is 1. The lowest BCUT2D eigenvalue weighted by atomic mass is 9.94. The van der Waals surface area contributed by atoms with Crippen molar-refractivity contribution < 1.29 is 4.79 Å². The lowest BCUT2D eigenvalue weighted by Gasteiger charge is -2.37. The highest BCUT2D eigenvalue weighted by molar-refractivity contribution is 5.85. The summed E-state index contributed by atoms with van der Waals surface area (Å²) in [7, 11) is 0. The van der Waals surface area contributed by atoms with E-state index < -0.39 is 0 Å². The fraction of sp³-hybridized carbons (Fsp3) is 0.562. The first-order valence-corrected chi connectivity index (χ1v) is 7.20. The Morgan fingerprint density at radius 2 is 2.00 bits per heavy atom. The van der Waals surface area contributed by atoms with Gasteiger partial charge in [0.15, 0.2) is 0 Å². The van der Waals surface area contributed by atoms with Gasteiger partial charge in [-0.1, -0.05) is 25.1 Å². The molecular weight excluding hydrogens is 272 g/mol. The Labute approximate surface area is 127 Å². The summed E-state index contributed by atoms with van der Waals surface area (Å²) in [5, 5.41) is 0. The highest BCUT2D eigenvalue weighted by Gasteiger charge is 2.26. The number of hydrogen-bond acceptors (Lipinski definition) is 2. The molecule has 2 rings (SSSR count). The molecule has 0 aromatic heterocycles. The molecule has 0 aliphatic carbocycles. The van der Waals surface area contributed by atoms with Crippen LogP contribution in [0.3, 0.4) is 0 Å². The largest absolute Gasteiger partial charge is 0.399 e. The summed E-state index contributed by atoms with van der Waals surface area (Å²) in [5.41, 5.74) is 7.77. The third-order valence-electron chi connectivity index (χ3n) is 4.10. The summed E-state index contributed by atoms with van der Waals surface area (Å²) < 4.78 is 0. The van der Waals surface area contributed by atoms with E-state index in [1.54, 1.807) is 0 Å². The first-order chi connectivity index (χ1) is 9.08. The zero-order chi connectivity index (χ0) is 13.8. The van der Waals surface area contributed by atoms with Crippen molar-refractivity contribution in [3.05, 3.63) is 29.8 Å². The van der Waals surface area contributed by atoms with Crippen molar-refractivity contribution in [1.82, 2.24) is 4.90 Å². The van der Waals surface area contributed by atoms with Crippen molar-refractivity contribution >= 4 is 24.0 Å². The molecule has 1 aromatic rings. The average molecular weight is 297 g/mol. The first kappa shape index (κ1) is 16.8. The second-order valence-electron chi connectivity index (χ2n) is 5.78. The Morgan fingerprint density at radius 3 is 2.70 bits per heavy atom. The molecule has 1 saturated heterocycles. The molecule has 2 N–H and O–H groups in total. The molecule has 2 unspecified atom stereocenters. The van der Waals surface area contributed by atoms with E-state index in [4.69, 9.17) is 5.73 Å². The van der Waals surface area contributed by atoms with Crippen LogP contribution in [0.5, 0.6) is 0 Å². The number of aryl methyl sites for hydroxylation is 1. The van der Waals surface area contributed by atoms with Gasteiger partial charge in [0.2, 0.25) is 5.91 Å². The Balaban J connectivity index is 0.00000200. The zero-order valence-electron chi connectivity index (χ0n) is 12.3. The van der Waals surface area contributed by atoms with Gasteiger partial charge in [-0.3, -0.25) is 4.79 Å². The summed E-state index contributed by atoms with van der Waals surface area (Å²) in [6.07, 6.45) is 3.66. The maximum Gasteiger partial charge on any atom is 0.223 e. The van der Waals surface area contributed by atoms with E-state index >= 15 is 0 Å². The van der Waals surface area contributed by atoms with Gasteiger partial charge in [0.05, 0.1) is 0 Å². The maximum atomic E-state index is 12.3. The predicted octanol–water partition coefficient (Wildman–Crippen LogP) is 3.27. The Hall–Kier alpha value is -1.22. The molecule has 1 aliphatic heterocycles. The Bertz CT molecular complexity index is 450. The number of nitrogen functional groups attached to an aromatic ring is 1. The number of rotatable bonds is 3. The molecule has 2 atom stereocenters. The molecule has 0 radical (unpaired) electrons. The summed E-state index contributed by atoms with van der Waals surface area (Å²) in [6.45, 7) is 5.28. The van der Waals surface area contributed by atoms with Crippen molar-refractivity contribution in [3.63, 3.8) is 0 Å². The van der Waals surface area contributed by atoms with E-state index in [0.29, 0.717) is 18.4 Å². The monoisotopic (exact) mass is 296 g/mol. The minimum absolute atomic E-state index is 0. The number of nitrogens with zero attached hydrogens (tertiary/aromatic N) is 1. The van der Waals surface area contributed by atoms with E-state index in [1.807, 2.05) is 29.2 Å². The van der Waals surface area contributed by atoms with Crippen molar-refractivity contribution in [3.8, 4) is 0 Å². The molecule has 20 heavy (non-hydrogen) atoms. The van der Waals surface area contributed by atoms with Crippen LogP contribution in [-0.4, -0.2) is 23.4 Å². The number of hydrogen-bond donors (Lipinski definition) is 1. The SMILES string of the molecule is CC1CCC(C)N(C(=O)CCc2ccccc2N)C1.Cl. The van der Waals surface area contributed by atoms with Crippen LogP contribution >= 0.6 is 12.4 Å². The van der Waals surface area contributed by atoms with E-state index in [0.717, 1.165) is 30.6 Å². The molecule has 1 aromatic carbocycles. The third kappa shape index (κ3) is 4.14. The van der Waals surface area contributed by atoms with Gasteiger partial charge < -0.3 is 10.6 Å². The van der Waals surface area contributed by atoms with Gasteiger partial charge in [-0.15, -0.1) is 12.4 Å². The lowest BCUT2D eigenvalue weighted by Crippen LogP contribution is -2.45. The van der Waals surface area contributed by atoms with Gasteiger partial charge in [0.1, 0.15) is 0 Å². The van der Waals surface area contributed by atoms with E-state index in [2.05, 4.69) is 13.8 Å². The molecule has 0 bridgehead atoms. The summed E-state index contributed by atoms with van der Waals surface area (Å²) >= 11 is 0. The lowest BCUT2D eigenvalue weighted by molar-refractivity contribution is -0.135. The molecule has 1 aliphatic rings. The van der Waals surface area contributed by atoms with Crippen LogP contribution in [0.2, 0.25) is 0 Å². The van der Waals surface area contributed by atoms with Crippen LogP contribution in [0.25, 0.3) is 0 Å². The number of anilines is 1. The molecule has 0 spiro atoms. The summed E-state index contributed by atoms with van der Waals surface area (Å²) in [5.74, 6) is 0.893. The molecule has 4 heteroatoms. The first-order valence-electron chi connectivity index (χ1n) is 7.20. The zero-order valence-corrected chi connectivity index (χ0v) is 13.2. The van der Waals surface area contributed by atoms with Crippen molar-refractivity contribution in [1.29, 1.82) is 0 Å². The number of piperidine rings is 1. The molecular formula is C16H25ClN2O. The number of likely N-dealkylation sites (tertiary alicyclic amines) is 1. The van der Waals surface area contributed by atoms with E-state index in [9.17, 15) is 4.79 Å². The Morgan fingerprint density at radius 1 is 1.30 bits per heavy atom. The van der Waals surface area contributed by atoms with Crippen LogP contribution in [-0.2, 0) is 11.2 Å². The van der Waals surface area contributed by atoms with Gasteiger partial charge in [-0.05, 0) is 43.7 Å². The van der Waals surface area contributed by atoms with E-state index in [1.165, 1.54) is 6.42 Å². The number of carbonyl (C=O) groups excluding carboxylic acids is 1. The fourth-order valence-corrected chi connectivity index (χ4v) is 2.78. The quantitative estimate of drug-likeness (QED) is 0.870. The number of amides is 1. The molecule has 3 nitrogen and oxygen atoms in total. The van der Waals surface area contributed by atoms with Crippen molar-refractivity contribution in [2.24, 2.45) is 5.92 Å². The van der Waals surface area contributed by atoms with Gasteiger partial charge in [0.25, 0.3) is 0 Å². The summed E-state index contributed by atoms with van der Waals surface area (Å²) in [6, 6.07) is 8.18. The van der Waals surface area contributed by atoms with Gasteiger partial charge in [-0.2, -0.15) is 0 Å². The summed E-state index contributed by atoms with van der Waals surface area (Å²) in [4.78, 5) is 14.4. The standard InChI is InChI=1S/C16H24N2O.ClH/c1-12-7-8-13(2)18(11-12)16(19)10-9-14-5-3-4-6-15(14)17;/h3-6,12-13H,7-11,17H2,1-2H3;1H. The van der Waals surface area contributed by atoms with E-state index in [-0.39, 0.29) is 18.3 Å². The van der Waals surface area contributed by atoms with Gasteiger partial charge >= 0.3 is 0 Å². The topological polar surface area (TPSA) is 46.3 Å². The third-order valence-corrected chi connectivity index (χ3v) is 4.10. The highest BCUT2D eigenvalue weighted by Crippen LogP contribution is 2.22. The Kier molecular flexibility index (Phi) is 6.34. The molecule has 1 fully saturated rings. The van der Waals surface area contributed by atoms with Gasteiger partial charge in [0, 0.05) is 24.7 Å². The second kappa shape index (κ2) is 7.53. The molecule has 112 valence electrons. The number of para-hydroxylation sites is 1. The van der Waals surface area contributed by atoms with Crippen LogP contribution < -0.4 is 5.73 Å². The molecule has 0 saturated carbocycles. The van der Waals surface area contributed by atoms with Crippen LogP contribution in [0.4, 0.5) is 5.69 Å². The smallest absolute Gasteiger partial charge is 0.223 e. The predicted molar refractivity (Wildman–Crippen MR) is 86.0 cm³/mol. The van der Waals surface area contributed by atoms with Gasteiger partial charge in [-0.25, -0.2) is 0 Å². The van der Waals surface area contributed by atoms with Crippen LogP contribution in [0.15, 0.2) is 24.3 Å². The number of halogens is 1. The normalized spacial score (nSPS) is 22.2. The van der Waals surface area contributed by atoms with Crippen molar-refractivity contribution in [2.45, 2.75) is 45.6 Å². The number of nitrogens with two attached hydrogens (primary N) is 1. The number of benzene rings is 1. The fourth-order valence-electron chi connectivity index (χ4n) is 2.78. The maximum absolute atomic E-state index is 12.3. The second-order valence-corrected chi connectivity index (χ2v) is 5.78. The minimum Gasteiger partial charge on any atom is -0.399 e. The van der Waals surface area contributed by atoms with Crippen LogP contribution in [0, 0.1) is 5.92 Å². The van der Waals surface area contributed by atoms with Crippen LogP contribution in [0.1, 0.15) is 38.7 Å². The molecule has 1 heterocycles.